The molecule has 2 aromatic rings. The van der Waals surface area contributed by atoms with E-state index in [9.17, 15) is 14.0 Å². The molecular weight excluding hydrogens is 319 g/mol. The van der Waals surface area contributed by atoms with Crippen LogP contribution in [0, 0.1) is 12.7 Å². The fourth-order valence-corrected chi connectivity index (χ4v) is 3.03. The first-order valence-electron chi connectivity index (χ1n) is 8.48. The number of piperidine rings is 1. The highest BCUT2D eigenvalue weighted by atomic mass is 19.1. The molecule has 0 saturated carbocycles. The lowest BCUT2D eigenvalue weighted by Crippen LogP contribution is -2.35. The van der Waals surface area contributed by atoms with Gasteiger partial charge in [-0.3, -0.25) is 9.59 Å². The van der Waals surface area contributed by atoms with E-state index in [1.54, 1.807) is 17.0 Å². The van der Waals surface area contributed by atoms with Gasteiger partial charge in [-0.15, -0.1) is 0 Å². The lowest BCUT2D eigenvalue weighted by Gasteiger charge is -2.28. The number of nitrogens with one attached hydrogen (secondary N) is 1. The fraction of sp³-hybridized carbons (Fsp3) is 0.300. The Bertz CT molecular complexity index is 787. The summed E-state index contributed by atoms with van der Waals surface area (Å²) in [6.45, 7) is 2.67. The summed E-state index contributed by atoms with van der Waals surface area (Å²) in [7, 11) is 0. The molecule has 3 rings (SSSR count). The average Bonchev–Trinajstić information content (AvgIpc) is 2.59. The Morgan fingerprint density at radius 2 is 1.92 bits per heavy atom. The smallest absolute Gasteiger partial charge is 0.228 e. The molecule has 25 heavy (non-hydrogen) atoms. The lowest BCUT2D eigenvalue weighted by atomic mass is 10.1. The van der Waals surface area contributed by atoms with Gasteiger partial charge in [0.1, 0.15) is 5.82 Å². The van der Waals surface area contributed by atoms with Crippen molar-refractivity contribution in [1.82, 2.24) is 0 Å². The van der Waals surface area contributed by atoms with E-state index in [1.165, 1.54) is 12.1 Å². The highest BCUT2D eigenvalue weighted by Crippen LogP contribution is 2.27. The Morgan fingerprint density at radius 1 is 1.16 bits per heavy atom. The van der Waals surface area contributed by atoms with Crippen LogP contribution in [-0.2, 0) is 16.0 Å². The Morgan fingerprint density at radius 3 is 2.64 bits per heavy atom. The van der Waals surface area contributed by atoms with E-state index < -0.39 is 0 Å². The van der Waals surface area contributed by atoms with Crippen molar-refractivity contribution in [2.75, 3.05) is 16.8 Å². The number of hydrogen-bond acceptors (Lipinski definition) is 2. The molecule has 130 valence electrons. The van der Waals surface area contributed by atoms with Gasteiger partial charge >= 0.3 is 0 Å². The highest BCUT2D eigenvalue weighted by molar-refractivity contribution is 5.97. The molecule has 1 aliphatic heterocycles. The van der Waals surface area contributed by atoms with Crippen molar-refractivity contribution in [2.24, 2.45) is 0 Å². The second kappa shape index (κ2) is 7.47. The van der Waals surface area contributed by atoms with Crippen molar-refractivity contribution in [3.8, 4) is 0 Å². The first kappa shape index (κ1) is 17.1. The second-order valence-corrected chi connectivity index (χ2v) is 6.36. The summed E-state index contributed by atoms with van der Waals surface area (Å²) in [4.78, 5) is 26.2. The van der Waals surface area contributed by atoms with Gasteiger partial charge in [-0.25, -0.2) is 4.39 Å². The maximum atomic E-state index is 12.9. The molecule has 1 fully saturated rings. The minimum Gasteiger partial charge on any atom is -0.326 e. The van der Waals surface area contributed by atoms with E-state index in [0.29, 0.717) is 18.7 Å². The number of aryl methyl sites for hydroxylation is 1. The molecule has 2 amide bonds. The lowest BCUT2D eigenvalue weighted by molar-refractivity contribution is -0.119. The van der Waals surface area contributed by atoms with Crippen molar-refractivity contribution in [3.05, 3.63) is 59.4 Å². The molecule has 2 aromatic carbocycles. The Balaban J connectivity index is 1.72. The third-order valence-electron chi connectivity index (χ3n) is 4.39. The number of halogens is 1. The zero-order valence-corrected chi connectivity index (χ0v) is 14.2. The van der Waals surface area contributed by atoms with E-state index in [2.05, 4.69) is 5.32 Å². The van der Waals surface area contributed by atoms with Crippen molar-refractivity contribution >= 4 is 23.2 Å². The summed E-state index contributed by atoms with van der Waals surface area (Å²) in [6, 6.07) is 11.5. The van der Waals surface area contributed by atoms with E-state index in [0.717, 1.165) is 29.7 Å². The summed E-state index contributed by atoms with van der Waals surface area (Å²) in [5.41, 5.74) is 3.26. The van der Waals surface area contributed by atoms with Crippen molar-refractivity contribution in [1.29, 1.82) is 0 Å². The van der Waals surface area contributed by atoms with Crippen LogP contribution >= 0.6 is 0 Å². The topological polar surface area (TPSA) is 49.4 Å². The van der Waals surface area contributed by atoms with Crippen LogP contribution in [0.2, 0.25) is 0 Å². The second-order valence-electron chi connectivity index (χ2n) is 6.36. The first-order chi connectivity index (χ1) is 12.0. The Kier molecular flexibility index (Phi) is 5.12. The molecule has 0 bridgehead atoms. The Labute approximate surface area is 146 Å². The largest absolute Gasteiger partial charge is 0.326 e. The maximum absolute atomic E-state index is 12.9. The maximum Gasteiger partial charge on any atom is 0.228 e. The molecular formula is C20H21FN2O2. The van der Waals surface area contributed by atoms with E-state index in [4.69, 9.17) is 0 Å². The van der Waals surface area contributed by atoms with Crippen LogP contribution in [0.5, 0.6) is 0 Å². The summed E-state index contributed by atoms with van der Waals surface area (Å²) < 4.78 is 12.9. The van der Waals surface area contributed by atoms with Crippen LogP contribution in [0.1, 0.15) is 30.4 Å². The number of rotatable bonds is 4. The van der Waals surface area contributed by atoms with Gasteiger partial charge in [0.15, 0.2) is 0 Å². The van der Waals surface area contributed by atoms with Crippen LogP contribution in [-0.4, -0.2) is 18.4 Å². The third-order valence-corrected chi connectivity index (χ3v) is 4.39. The zero-order valence-electron chi connectivity index (χ0n) is 14.2. The van der Waals surface area contributed by atoms with Crippen LogP contribution in [0.3, 0.4) is 0 Å². The molecule has 4 nitrogen and oxygen atoms in total. The van der Waals surface area contributed by atoms with Crippen molar-refractivity contribution in [3.63, 3.8) is 0 Å². The quantitative estimate of drug-likeness (QED) is 0.919. The van der Waals surface area contributed by atoms with Gasteiger partial charge < -0.3 is 10.2 Å². The summed E-state index contributed by atoms with van der Waals surface area (Å²) in [5, 5.41) is 2.86. The molecule has 1 heterocycles. The van der Waals surface area contributed by atoms with Crippen LogP contribution in [0.15, 0.2) is 42.5 Å². The number of amides is 2. The summed E-state index contributed by atoms with van der Waals surface area (Å²) >= 11 is 0. The molecule has 0 aliphatic carbocycles. The molecule has 0 unspecified atom stereocenters. The zero-order chi connectivity index (χ0) is 17.8. The van der Waals surface area contributed by atoms with Gasteiger partial charge in [-0.05, 0) is 55.2 Å². The van der Waals surface area contributed by atoms with Gasteiger partial charge in [0.25, 0.3) is 0 Å². The predicted molar refractivity (Wildman–Crippen MR) is 96.1 cm³/mol. The van der Waals surface area contributed by atoms with Gasteiger partial charge in [0.05, 0.1) is 6.42 Å². The van der Waals surface area contributed by atoms with Crippen LogP contribution in [0.4, 0.5) is 15.8 Å². The van der Waals surface area contributed by atoms with Gasteiger partial charge in [-0.1, -0.05) is 18.2 Å². The number of carbonyl (C=O) groups excluding carboxylic acids is 2. The number of nitrogens with zero attached hydrogens (tertiary/aromatic N) is 1. The summed E-state index contributed by atoms with van der Waals surface area (Å²) in [6.07, 6.45) is 2.67. The molecule has 0 atom stereocenters. The van der Waals surface area contributed by atoms with E-state index >= 15 is 0 Å². The Hall–Kier alpha value is -2.69. The fourth-order valence-electron chi connectivity index (χ4n) is 3.03. The van der Waals surface area contributed by atoms with Gasteiger partial charge in [0.2, 0.25) is 11.8 Å². The standard InChI is InChI=1S/C20H21FN2O2/c1-14-5-10-17(13-18(14)23-11-3-2-4-20(23)25)22-19(24)12-15-6-8-16(21)9-7-15/h5-10,13H,2-4,11-12H2,1H3,(H,22,24). The minimum atomic E-state index is -0.321. The number of carbonyl (C=O) groups is 2. The predicted octanol–water partition coefficient (Wildman–Crippen LogP) is 3.83. The third kappa shape index (κ3) is 4.24. The van der Waals surface area contributed by atoms with E-state index in [1.807, 2.05) is 25.1 Å². The van der Waals surface area contributed by atoms with Gasteiger partial charge in [-0.2, -0.15) is 0 Å². The van der Waals surface area contributed by atoms with Crippen molar-refractivity contribution < 1.29 is 14.0 Å². The normalized spacial score (nSPS) is 14.5. The highest BCUT2D eigenvalue weighted by Gasteiger charge is 2.21. The number of anilines is 2. The number of benzene rings is 2. The molecule has 1 saturated heterocycles. The molecule has 1 N–H and O–H groups in total. The summed E-state index contributed by atoms with van der Waals surface area (Å²) in [5.74, 6) is -0.367. The molecule has 0 aromatic heterocycles. The van der Waals surface area contributed by atoms with Crippen LogP contribution in [0.25, 0.3) is 0 Å². The minimum absolute atomic E-state index is 0.129. The molecule has 0 radical (unpaired) electrons. The molecule has 5 heteroatoms. The number of hydrogen-bond donors (Lipinski definition) is 1. The average molecular weight is 340 g/mol. The monoisotopic (exact) mass is 340 g/mol. The van der Waals surface area contributed by atoms with Gasteiger partial charge in [0, 0.05) is 24.3 Å². The van der Waals surface area contributed by atoms with E-state index in [-0.39, 0.29) is 24.1 Å². The SMILES string of the molecule is Cc1ccc(NC(=O)Cc2ccc(F)cc2)cc1N1CCCCC1=O. The van der Waals surface area contributed by atoms with Crippen LogP contribution < -0.4 is 10.2 Å². The molecule has 1 aliphatic rings. The molecule has 0 spiro atoms. The first-order valence-corrected chi connectivity index (χ1v) is 8.48. The van der Waals surface area contributed by atoms with Crippen molar-refractivity contribution in [2.45, 2.75) is 32.6 Å².